The maximum atomic E-state index is 5.88. The Kier molecular flexibility index (Phi) is 3.70. The molecule has 0 aliphatic rings. The quantitative estimate of drug-likeness (QED) is 0.745. The zero-order valence-corrected chi connectivity index (χ0v) is 12.4. The summed E-state index contributed by atoms with van der Waals surface area (Å²) in [5, 5.41) is 0.893. The molecule has 2 N–H and O–H groups in total. The molecule has 0 aliphatic heterocycles. The Morgan fingerprint density at radius 2 is 1.64 bits per heavy atom. The van der Waals surface area contributed by atoms with Crippen molar-refractivity contribution in [2.24, 2.45) is 0 Å². The first-order valence-electron chi connectivity index (χ1n) is 6.75. The van der Waals surface area contributed by atoms with Gasteiger partial charge in [0.15, 0.2) is 11.5 Å². The fourth-order valence-electron chi connectivity index (χ4n) is 2.19. The largest absolute Gasteiger partial charge is 0.493 e. The van der Waals surface area contributed by atoms with E-state index in [9.17, 15) is 0 Å². The Labute approximate surface area is 128 Å². The molecule has 1 heterocycles. The van der Waals surface area contributed by atoms with Crippen molar-refractivity contribution in [3.63, 3.8) is 0 Å². The van der Waals surface area contributed by atoms with E-state index in [-0.39, 0.29) is 0 Å². The molecule has 22 heavy (non-hydrogen) atoms. The average Bonchev–Trinajstić information content (AvgIpc) is 2.55. The smallest absolute Gasteiger partial charge is 0.162 e. The number of ether oxygens (including phenoxy) is 3. The normalized spacial score (nSPS) is 10.5. The molecule has 112 valence electrons. The zero-order chi connectivity index (χ0) is 15.5. The summed E-state index contributed by atoms with van der Waals surface area (Å²) in [5.74, 6) is 2.50. The number of benzene rings is 2. The molecule has 3 aromatic rings. The van der Waals surface area contributed by atoms with Crippen LogP contribution in [0.4, 0.5) is 5.69 Å². The van der Waals surface area contributed by atoms with Crippen molar-refractivity contribution in [1.29, 1.82) is 0 Å². The number of hydrogen-bond acceptors (Lipinski definition) is 5. The molecule has 0 unspecified atom stereocenters. The van der Waals surface area contributed by atoms with E-state index in [1.165, 1.54) is 0 Å². The van der Waals surface area contributed by atoms with Gasteiger partial charge in [0, 0.05) is 11.5 Å². The Balaban J connectivity index is 2.00. The third kappa shape index (κ3) is 2.61. The van der Waals surface area contributed by atoms with Crippen LogP contribution in [0.15, 0.2) is 48.7 Å². The van der Waals surface area contributed by atoms with Crippen molar-refractivity contribution in [3.8, 4) is 23.0 Å². The molecule has 0 atom stereocenters. The van der Waals surface area contributed by atoms with Crippen LogP contribution >= 0.6 is 0 Å². The highest BCUT2D eigenvalue weighted by molar-refractivity contribution is 5.83. The highest BCUT2D eigenvalue weighted by Gasteiger charge is 2.08. The first-order valence-corrected chi connectivity index (χ1v) is 6.75. The number of nitrogens with two attached hydrogens (primary N) is 1. The third-order valence-electron chi connectivity index (χ3n) is 3.31. The van der Waals surface area contributed by atoms with Crippen molar-refractivity contribution < 1.29 is 14.2 Å². The molecule has 0 bridgehead atoms. The first-order chi connectivity index (χ1) is 10.7. The van der Waals surface area contributed by atoms with Crippen LogP contribution in [0, 0.1) is 0 Å². The van der Waals surface area contributed by atoms with Crippen molar-refractivity contribution in [3.05, 3.63) is 48.7 Å². The van der Waals surface area contributed by atoms with Crippen molar-refractivity contribution in [1.82, 2.24) is 4.98 Å². The fraction of sp³-hybridized carbons (Fsp3) is 0.118. The van der Waals surface area contributed by atoms with Gasteiger partial charge < -0.3 is 19.9 Å². The Hall–Kier alpha value is -2.95. The van der Waals surface area contributed by atoms with Gasteiger partial charge in [-0.05, 0) is 24.3 Å². The van der Waals surface area contributed by atoms with Crippen molar-refractivity contribution in [2.45, 2.75) is 0 Å². The van der Waals surface area contributed by atoms with Gasteiger partial charge in [-0.25, -0.2) is 0 Å². The fourth-order valence-corrected chi connectivity index (χ4v) is 2.19. The number of aromatic nitrogens is 1. The molecule has 0 spiro atoms. The SMILES string of the molecule is COc1cc2cc(Oc3ccccc3N)cnc2cc1OC. The monoisotopic (exact) mass is 296 g/mol. The second kappa shape index (κ2) is 5.81. The molecule has 3 rings (SSSR count). The summed E-state index contributed by atoms with van der Waals surface area (Å²) < 4.78 is 16.4. The van der Waals surface area contributed by atoms with Gasteiger partial charge in [-0.1, -0.05) is 12.1 Å². The Morgan fingerprint density at radius 3 is 2.36 bits per heavy atom. The molecule has 0 fully saturated rings. The van der Waals surface area contributed by atoms with Gasteiger partial charge in [-0.3, -0.25) is 4.98 Å². The second-order valence-corrected chi connectivity index (χ2v) is 4.71. The lowest BCUT2D eigenvalue weighted by atomic mass is 10.2. The summed E-state index contributed by atoms with van der Waals surface area (Å²) in [5.41, 5.74) is 7.26. The summed E-state index contributed by atoms with van der Waals surface area (Å²) in [6.45, 7) is 0. The van der Waals surface area contributed by atoms with E-state index < -0.39 is 0 Å². The van der Waals surface area contributed by atoms with Crippen molar-refractivity contribution in [2.75, 3.05) is 20.0 Å². The summed E-state index contributed by atoms with van der Waals surface area (Å²) in [6, 6.07) is 12.9. The predicted octanol–water partition coefficient (Wildman–Crippen LogP) is 3.63. The number of rotatable bonds is 4. The van der Waals surface area contributed by atoms with Gasteiger partial charge in [-0.15, -0.1) is 0 Å². The molecule has 0 amide bonds. The van der Waals surface area contributed by atoms with E-state index in [0.29, 0.717) is 28.7 Å². The van der Waals surface area contributed by atoms with Crippen LogP contribution in [0.25, 0.3) is 10.9 Å². The zero-order valence-electron chi connectivity index (χ0n) is 12.4. The number of nitrogens with zero attached hydrogens (tertiary/aromatic N) is 1. The first kappa shape index (κ1) is 14.0. The van der Waals surface area contributed by atoms with Crippen LogP contribution in [-0.4, -0.2) is 19.2 Å². The number of fused-ring (bicyclic) bond motifs is 1. The lowest BCUT2D eigenvalue weighted by Crippen LogP contribution is -1.94. The lowest BCUT2D eigenvalue weighted by molar-refractivity contribution is 0.355. The maximum Gasteiger partial charge on any atom is 0.162 e. The van der Waals surface area contributed by atoms with E-state index >= 15 is 0 Å². The van der Waals surface area contributed by atoms with Crippen LogP contribution in [0.5, 0.6) is 23.0 Å². The standard InChI is InChI=1S/C17H16N2O3/c1-20-16-8-11-7-12(10-19-14(11)9-17(16)21-2)22-15-6-4-3-5-13(15)18/h3-10H,18H2,1-2H3. The van der Waals surface area contributed by atoms with Gasteiger partial charge in [-0.2, -0.15) is 0 Å². The molecule has 0 radical (unpaired) electrons. The van der Waals surface area contributed by atoms with Crippen LogP contribution in [-0.2, 0) is 0 Å². The third-order valence-corrected chi connectivity index (χ3v) is 3.31. The molecular weight excluding hydrogens is 280 g/mol. The maximum absolute atomic E-state index is 5.88. The van der Waals surface area contributed by atoms with Gasteiger partial charge in [0.1, 0.15) is 11.5 Å². The summed E-state index contributed by atoms with van der Waals surface area (Å²) >= 11 is 0. The predicted molar refractivity (Wildman–Crippen MR) is 85.8 cm³/mol. The average molecular weight is 296 g/mol. The molecule has 2 aromatic carbocycles. The molecular formula is C17H16N2O3. The van der Waals surface area contributed by atoms with Crippen LogP contribution in [0.3, 0.4) is 0 Å². The highest BCUT2D eigenvalue weighted by atomic mass is 16.5. The molecule has 5 heteroatoms. The van der Waals surface area contributed by atoms with Crippen molar-refractivity contribution >= 4 is 16.6 Å². The van der Waals surface area contributed by atoms with Gasteiger partial charge in [0.2, 0.25) is 0 Å². The van der Waals surface area contributed by atoms with Crippen LogP contribution < -0.4 is 19.9 Å². The van der Waals surface area contributed by atoms with Gasteiger partial charge >= 0.3 is 0 Å². The summed E-state index contributed by atoms with van der Waals surface area (Å²) in [7, 11) is 3.20. The number of hydrogen-bond donors (Lipinski definition) is 1. The molecule has 0 saturated heterocycles. The number of pyridine rings is 1. The molecule has 5 nitrogen and oxygen atoms in total. The minimum absolute atomic E-state index is 0.579. The van der Waals surface area contributed by atoms with E-state index in [1.54, 1.807) is 26.5 Å². The van der Waals surface area contributed by atoms with Crippen LogP contribution in [0.2, 0.25) is 0 Å². The topological polar surface area (TPSA) is 66.6 Å². The molecule has 1 aromatic heterocycles. The van der Waals surface area contributed by atoms with Gasteiger partial charge in [0.05, 0.1) is 31.6 Å². The van der Waals surface area contributed by atoms with Crippen LogP contribution in [0.1, 0.15) is 0 Å². The number of anilines is 1. The van der Waals surface area contributed by atoms with Gasteiger partial charge in [0.25, 0.3) is 0 Å². The van der Waals surface area contributed by atoms with E-state index in [0.717, 1.165) is 10.9 Å². The summed E-state index contributed by atoms with van der Waals surface area (Å²) in [6.07, 6.45) is 1.65. The minimum Gasteiger partial charge on any atom is -0.493 e. The summed E-state index contributed by atoms with van der Waals surface area (Å²) in [4.78, 5) is 4.39. The number of methoxy groups -OCH3 is 2. The number of para-hydroxylation sites is 2. The van der Waals surface area contributed by atoms with E-state index in [2.05, 4.69) is 4.98 Å². The molecule has 0 aliphatic carbocycles. The highest BCUT2D eigenvalue weighted by Crippen LogP contribution is 2.34. The number of nitrogen functional groups attached to an aromatic ring is 1. The van der Waals surface area contributed by atoms with E-state index in [4.69, 9.17) is 19.9 Å². The Bertz CT molecular complexity index is 818. The van der Waals surface area contributed by atoms with E-state index in [1.807, 2.05) is 36.4 Å². The Morgan fingerprint density at radius 1 is 0.909 bits per heavy atom. The second-order valence-electron chi connectivity index (χ2n) is 4.71. The lowest BCUT2D eigenvalue weighted by Gasteiger charge is -2.11. The minimum atomic E-state index is 0.579. The molecule has 0 saturated carbocycles.